The van der Waals surface area contributed by atoms with E-state index < -0.39 is 23.7 Å². The molecular weight excluding hydrogens is 342 g/mol. The number of rotatable bonds is 4. The molecule has 1 aromatic carbocycles. The molecule has 0 bridgehead atoms. The van der Waals surface area contributed by atoms with Crippen LogP contribution >= 0.6 is 23.4 Å². The fraction of sp³-hybridized carbons (Fsp3) is 0.267. The highest BCUT2D eigenvalue weighted by molar-refractivity contribution is 8.18. The molecule has 1 N–H and O–H groups in total. The maximum Gasteiger partial charge on any atom is 0.326 e. The van der Waals surface area contributed by atoms with Crippen LogP contribution in [0.15, 0.2) is 23.1 Å². The monoisotopic (exact) mass is 355 g/mol. The molecule has 0 radical (unpaired) electrons. The number of ether oxygens (including phenoxy) is 1. The summed E-state index contributed by atoms with van der Waals surface area (Å²) < 4.78 is 4.93. The van der Waals surface area contributed by atoms with Crippen molar-refractivity contribution in [2.75, 3.05) is 6.54 Å². The number of phenols is 1. The van der Waals surface area contributed by atoms with Crippen molar-refractivity contribution in [1.82, 2.24) is 4.90 Å². The van der Waals surface area contributed by atoms with E-state index >= 15 is 0 Å². The molecule has 1 saturated heterocycles. The summed E-state index contributed by atoms with van der Waals surface area (Å²) >= 11 is 6.53. The van der Waals surface area contributed by atoms with E-state index in [0.717, 1.165) is 16.7 Å². The Kier molecular flexibility index (Phi) is 5.33. The Morgan fingerprint density at radius 3 is 2.74 bits per heavy atom. The molecule has 0 saturated carbocycles. The van der Waals surface area contributed by atoms with Crippen LogP contribution in [0.2, 0.25) is 5.02 Å². The quantitative estimate of drug-likeness (QED) is 0.660. The third kappa shape index (κ3) is 4.27. The van der Waals surface area contributed by atoms with Crippen LogP contribution in [-0.4, -0.2) is 39.8 Å². The van der Waals surface area contributed by atoms with Crippen LogP contribution < -0.4 is 0 Å². The van der Waals surface area contributed by atoms with Crippen molar-refractivity contribution in [2.24, 2.45) is 0 Å². The summed E-state index contributed by atoms with van der Waals surface area (Å²) in [7, 11) is 0. The molecule has 0 spiro atoms. The average Bonchev–Trinajstić information content (AvgIpc) is 2.70. The number of imide groups is 1. The smallest absolute Gasteiger partial charge is 0.326 e. The Balaban J connectivity index is 2.15. The molecule has 122 valence electrons. The first-order valence-corrected chi connectivity index (χ1v) is 7.90. The normalized spacial score (nSPS) is 16.5. The number of esters is 1. The second-order valence-electron chi connectivity index (χ2n) is 5.02. The molecule has 0 aliphatic carbocycles. The Morgan fingerprint density at radius 1 is 1.43 bits per heavy atom. The number of benzene rings is 1. The highest BCUT2D eigenvalue weighted by atomic mass is 35.5. The van der Waals surface area contributed by atoms with Crippen LogP contribution in [0.3, 0.4) is 0 Å². The number of hydrogen-bond donors (Lipinski definition) is 1. The van der Waals surface area contributed by atoms with E-state index in [2.05, 4.69) is 0 Å². The first-order valence-electron chi connectivity index (χ1n) is 6.71. The Labute approximate surface area is 142 Å². The Bertz CT molecular complexity index is 701. The van der Waals surface area contributed by atoms with Gasteiger partial charge in [0.2, 0.25) is 0 Å². The van der Waals surface area contributed by atoms with Crippen molar-refractivity contribution in [2.45, 2.75) is 20.0 Å². The van der Waals surface area contributed by atoms with Gasteiger partial charge in [-0.1, -0.05) is 17.7 Å². The lowest BCUT2D eigenvalue weighted by molar-refractivity contribution is -0.149. The van der Waals surface area contributed by atoms with Crippen LogP contribution in [0, 0.1) is 0 Å². The number of amides is 2. The number of carbonyl (C=O) groups is 3. The van der Waals surface area contributed by atoms with Gasteiger partial charge in [-0.05, 0) is 49.4 Å². The molecule has 1 fully saturated rings. The van der Waals surface area contributed by atoms with Gasteiger partial charge in [0.05, 0.1) is 16.0 Å². The lowest BCUT2D eigenvalue weighted by Gasteiger charge is -2.13. The first-order chi connectivity index (χ1) is 10.8. The number of carbonyl (C=O) groups excluding carboxylic acids is 3. The first kappa shape index (κ1) is 17.4. The van der Waals surface area contributed by atoms with Gasteiger partial charge in [-0.15, -0.1) is 0 Å². The van der Waals surface area contributed by atoms with Crippen LogP contribution in [0.25, 0.3) is 6.08 Å². The number of nitrogens with zero attached hydrogens (tertiary/aromatic N) is 1. The van der Waals surface area contributed by atoms with Crippen molar-refractivity contribution in [3.63, 3.8) is 0 Å². The van der Waals surface area contributed by atoms with Gasteiger partial charge in [-0.2, -0.15) is 0 Å². The van der Waals surface area contributed by atoms with Crippen LogP contribution in [0.5, 0.6) is 5.75 Å². The molecule has 0 atom stereocenters. The molecule has 6 nitrogen and oxygen atoms in total. The summed E-state index contributed by atoms with van der Waals surface area (Å²) in [5.74, 6) is -1.28. The molecule has 8 heteroatoms. The van der Waals surface area contributed by atoms with Gasteiger partial charge in [0.25, 0.3) is 11.1 Å². The molecule has 1 aliphatic heterocycles. The molecule has 0 unspecified atom stereocenters. The third-order valence-electron chi connectivity index (χ3n) is 2.80. The second-order valence-corrected chi connectivity index (χ2v) is 6.42. The molecule has 23 heavy (non-hydrogen) atoms. The van der Waals surface area contributed by atoms with E-state index in [0.29, 0.717) is 5.56 Å². The van der Waals surface area contributed by atoms with Gasteiger partial charge in [-0.25, -0.2) is 0 Å². The van der Waals surface area contributed by atoms with Gasteiger partial charge in [0.1, 0.15) is 12.3 Å². The second kappa shape index (κ2) is 7.06. The lowest BCUT2D eigenvalue weighted by atomic mass is 10.2. The van der Waals surface area contributed by atoms with E-state index in [-0.39, 0.29) is 21.8 Å². The molecule has 1 aliphatic rings. The zero-order valence-corrected chi connectivity index (χ0v) is 14.0. The number of thioether (sulfide) groups is 1. The number of halogens is 1. The SMILES string of the molecule is CC(C)OC(=O)CN1C(=O)S/C(=C/c2ccc(O)c(Cl)c2)C1=O. The van der Waals surface area contributed by atoms with Crippen LogP contribution in [0.4, 0.5) is 4.79 Å². The van der Waals surface area contributed by atoms with Crippen LogP contribution in [-0.2, 0) is 14.3 Å². The summed E-state index contributed by atoms with van der Waals surface area (Å²) in [5, 5.41) is 8.98. The van der Waals surface area contributed by atoms with E-state index in [9.17, 15) is 19.5 Å². The molecular formula is C15H14ClNO5S. The number of phenolic OH excluding ortho intramolecular Hbond substituents is 1. The fourth-order valence-electron chi connectivity index (χ4n) is 1.83. The zero-order valence-electron chi connectivity index (χ0n) is 12.4. The van der Waals surface area contributed by atoms with Gasteiger partial charge in [-0.3, -0.25) is 19.3 Å². The maximum atomic E-state index is 12.2. The summed E-state index contributed by atoms with van der Waals surface area (Å²) in [6.45, 7) is 2.94. The Morgan fingerprint density at radius 2 is 2.13 bits per heavy atom. The largest absolute Gasteiger partial charge is 0.506 e. The standard InChI is InChI=1S/C15H14ClNO5S/c1-8(2)22-13(19)7-17-14(20)12(23-15(17)21)6-9-3-4-11(18)10(16)5-9/h3-6,8,18H,7H2,1-2H3/b12-6+. The van der Waals surface area contributed by atoms with Gasteiger partial charge in [0, 0.05) is 0 Å². The topological polar surface area (TPSA) is 83.9 Å². The summed E-state index contributed by atoms with van der Waals surface area (Å²) in [5.41, 5.74) is 0.558. The lowest BCUT2D eigenvalue weighted by Crippen LogP contribution is -2.35. The molecule has 1 heterocycles. The summed E-state index contributed by atoms with van der Waals surface area (Å²) in [4.78, 5) is 36.7. The summed E-state index contributed by atoms with van der Waals surface area (Å²) in [6, 6.07) is 4.42. The van der Waals surface area contributed by atoms with Gasteiger partial charge in [0.15, 0.2) is 0 Å². The minimum absolute atomic E-state index is 0.0756. The predicted molar refractivity (Wildman–Crippen MR) is 87.0 cm³/mol. The molecule has 0 aromatic heterocycles. The highest BCUT2D eigenvalue weighted by Gasteiger charge is 2.36. The summed E-state index contributed by atoms with van der Waals surface area (Å²) in [6.07, 6.45) is 1.15. The zero-order chi connectivity index (χ0) is 17.1. The number of aromatic hydroxyl groups is 1. The third-order valence-corrected chi connectivity index (χ3v) is 4.01. The number of hydrogen-bond acceptors (Lipinski definition) is 6. The molecule has 1 aromatic rings. The average molecular weight is 356 g/mol. The van der Waals surface area contributed by atoms with Gasteiger partial charge < -0.3 is 9.84 Å². The van der Waals surface area contributed by atoms with Crippen molar-refractivity contribution < 1.29 is 24.2 Å². The minimum Gasteiger partial charge on any atom is -0.506 e. The molecule has 2 rings (SSSR count). The van der Waals surface area contributed by atoms with Gasteiger partial charge >= 0.3 is 5.97 Å². The Hall–Kier alpha value is -1.99. The van der Waals surface area contributed by atoms with E-state index in [1.807, 2.05) is 0 Å². The minimum atomic E-state index is -0.642. The van der Waals surface area contributed by atoms with E-state index in [1.54, 1.807) is 19.9 Å². The van der Waals surface area contributed by atoms with Crippen molar-refractivity contribution in [1.29, 1.82) is 0 Å². The van der Waals surface area contributed by atoms with Crippen molar-refractivity contribution in [3.05, 3.63) is 33.7 Å². The molecule has 2 amide bonds. The fourth-order valence-corrected chi connectivity index (χ4v) is 2.86. The van der Waals surface area contributed by atoms with E-state index in [1.165, 1.54) is 18.2 Å². The predicted octanol–water partition coefficient (Wildman–Crippen LogP) is 3.03. The maximum absolute atomic E-state index is 12.2. The van der Waals surface area contributed by atoms with Crippen molar-refractivity contribution >= 4 is 46.6 Å². The highest BCUT2D eigenvalue weighted by Crippen LogP contribution is 2.33. The van der Waals surface area contributed by atoms with Crippen molar-refractivity contribution in [3.8, 4) is 5.75 Å². The van der Waals surface area contributed by atoms with E-state index in [4.69, 9.17) is 16.3 Å². The van der Waals surface area contributed by atoms with Crippen LogP contribution in [0.1, 0.15) is 19.4 Å².